The summed E-state index contributed by atoms with van der Waals surface area (Å²) < 4.78 is 0. The maximum absolute atomic E-state index is 11.5. The summed E-state index contributed by atoms with van der Waals surface area (Å²) in [4.78, 5) is 26.6. The molecule has 0 aromatic carbocycles. The molecule has 19 heavy (non-hydrogen) atoms. The Bertz CT molecular complexity index is 447. The maximum Gasteiger partial charge on any atom is 0.315 e. The van der Waals surface area contributed by atoms with Crippen molar-refractivity contribution in [2.75, 3.05) is 6.54 Å². The standard InChI is InChI=1S/C12H19N3O3S/c1-7(11(16)17)8(2)14-12(18)13-5-4-10-6-19-9(3)15-10/h6-8H,4-5H2,1-3H3,(H,16,17)(H2,13,14,18). The zero-order chi connectivity index (χ0) is 14.4. The Labute approximate surface area is 116 Å². The molecule has 7 heteroatoms. The molecule has 1 aromatic heterocycles. The summed E-state index contributed by atoms with van der Waals surface area (Å²) in [5, 5.41) is 17.1. The van der Waals surface area contributed by atoms with Crippen LogP contribution < -0.4 is 10.6 Å². The minimum Gasteiger partial charge on any atom is -0.481 e. The first kappa shape index (κ1) is 15.4. The molecule has 0 radical (unpaired) electrons. The van der Waals surface area contributed by atoms with E-state index in [-0.39, 0.29) is 6.03 Å². The highest BCUT2D eigenvalue weighted by atomic mass is 32.1. The van der Waals surface area contributed by atoms with Gasteiger partial charge in [-0.25, -0.2) is 9.78 Å². The molecule has 2 amide bonds. The second-order valence-corrected chi connectivity index (χ2v) is 5.49. The summed E-state index contributed by atoms with van der Waals surface area (Å²) in [6, 6.07) is -0.772. The van der Waals surface area contributed by atoms with Crippen LogP contribution in [0, 0.1) is 12.8 Å². The van der Waals surface area contributed by atoms with E-state index in [1.165, 1.54) is 0 Å². The van der Waals surface area contributed by atoms with Crippen LogP contribution in [-0.4, -0.2) is 34.7 Å². The van der Waals surface area contributed by atoms with Crippen molar-refractivity contribution in [3.05, 3.63) is 16.1 Å². The van der Waals surface area contributed by atoms with Crippen LogP contribution in [0.1, 0.15) is 24.5 Å². The van der Waals surface area contributed by atoms with E-state index in [1.54, 1.807) is 25.2 Å². The van der Waals surface area contributed by atoms with Gasteiger partial charge in [0, 0.05) is 24.4 Å². The van der Waals surface area contributed by atoms with Gasteiger partial charge in [-0.05, 0) is 20.8 Å². The third kappa shape index (κ3) is 5.25. The Morgan fingerprint density at radius 2 is 2.16 bits per heavy atom. The fourth-order valence-corrected chi connectivity index (χ4v) is 2.07. The Morgan fingerprint density at radius 3 is 2.68 bits per heavy atom. The summed E-state index contributed by atoms with van der Waals surface area (Å²) in [5.74, 6) is -1.54. The monoisotopic (exact) mass is 285 g/mol. The first-order valence-corrected chi connectivity index (χ1v) is 6.96. The molecule has 2 atom stereocenters. The highest BCUT2D eigenvalue weighted by Crippen LogP contribution is 2.07. The van der Waals surface area contributed by atoms with E-state index < -0.39 is 17.9 Å². The molecule has 0 saturated heterocycles. The van der Waals surface area contributed by atoms with E-state index in [9.17, 15) is 9.59 Å². The van der Waals surface area contributed by atoms with Crippen LogP contribution >= 0.6 is 11.3 Å². The maximum atomic E-state index is 11.5. The van der Waals surface area contributed by atoms with Gasteiger partial charge in [-0.1, -0.05) is 0 Å². The zero-order valence-electron chi connectivity index (χ0n) is 11.3. The molecule has 2 unspecified atom stereocenters. The first-order chi connectivity index (χ1) is 8.90. The normalized spacial score (nSPS) is 13.6. The lowest BCUT2D eigenvalue weighted by Gasteiger charge is -2.17. The Morgan fingerprint density at radius 1 is 1.47 bits per heavy atom. The fourth-order valence-electron chi connectivity index (χ4n) is 1.42. The predicted octanol–water partition coefficient (Wildman–Crippen LogP) is 1.40. The third-order valence-electron chi connectivity index (χ3n) is 2.83. The second kappa shape index (κ2) is 7.08. The van der Waals surface area contributed by atoms with Crippen molar-refractivity contribution in [3.8, 4) is 0 Å². The molecule has 0 saturated carbocycles. The smallest absolute Gasteiger partial charge is 0.315 e. The average Bonchev–Trinajstić information content (AvgIpc) is 2.73. The van der Waals surface area contributed by atoms with E-state index in [2.05, 4.69) is 15.6 Å². The molecule has 106 valence electrons. The number of carbonyl (C=O) groups is 2. The molecule has 1 aromatic rings. The van der Waals surface area contributed by atoms with E-state index in [1.807, 2.05) is 12.3 Å². The Hall–Kier alpha value is -1.63. The van der Waals surface area contributed by atoms with Crippen LogP contribution in [0.5, 0.6) is 0 Å². The highest BCUT2D eigenvalue weighted by molar-refractivity contribution is 7.09. The number of hydrogen-bond donors (Lipinski definition) is 3. The number of urea groups is 1. The van der Waals surface area contributed by atoms with Crippen LogP contribution in [0.15, 0.2) is 5.38 Å². The van der Waals surface area contributed by atoms with Gasteiger partial charge in [-0.15, -0.1) is 11.3 Å². The lowest BCUT2D eigenvalue weighted by Crippen LogP contribution is -2.45. The number of carboxylic acids is 1. The topological polar surface area (TPSA) is 91.3 Å². The van der Waals surface area contributed by atoms with E-state index in [0.717, 1.165) is 10.7 Å². The number of hydrogen-bond acceptors (Lipinski definition) is 4. The van der Waals surface area contributed by atoms with Gasteiger partial charge >= 0.3 is 12.0 Å². The van der Waals surface area contributed by atoms with Crippen molar-refractivity contribution in [2.45, 2.75) is 33.2 Å². The quantitative estimate of drug-likeness (QED) is 0.737. The van der Waals surface area contributed by atoms with Gasteiger partial charge in [-0.2, -0.15) is 0 Å². The number of thiazole rings is 1. The number of carboxylic acid groups (broad SMARTS) is 1. The molecular weight excluding hydrogens is 266 g/mol. The molecule has 1 rings (SSSR count). The molecular formula is C12H19N3O3S. The zero-order valence-corrected chi connectivity index (χ0v) is 12.1. The summed E-state index contributed by atoms with van der Waals surface area (Å²) in [5.41, 5.74) is 0.953. The molecule has 0 fully saturated rings. The molecule has 0 aliphatic carbocycles. The first-order valence-electron chi connectivity index (χ1n) is 6.08. The molecule has 0 spiro atoms. The van der Waals surface area contributed by atoms with Crippen LogP contribution in [-0.2, 0) is 11.2 Å². The predicted molar refractivity (Wildman–Crippen MR) is 73.4 cm³/mol. The summed E-state index contributed by atoms with van der Waals surface area (Å²) in [7, 11) is 0. The van der Waals surface area contributed by atoms with Crippen LogP contribution in [0.25, 0.3) is 0 Å². The van der Waals surface area contributed by atoms with Crippen molar-refractivity contribution < 1.29 is 14.7 Å². The lowest BCUT2D eigenvalue weighted by atomic mass is 10.0. The SMILES string of the molecule is Cc1nc(CCNC(=O)NC(C)C(C)C(=O)O)cs1. The van der Waals surface area contributed by atoms with Crippen LogP contribution in [0.3, 0.4) is 0 Å². The largest absolute Gasteiger partial charge is 0.481 e. The molecule has 1 heterocycles. The number of aromatic nitrogens is 1. The van der Waals surface area contributed by atoms with Crippen molar-refractivity contribution in [1.29, 1.82) is 0 Å². The van der Waals surface area contributed by atoms with Crippen molar-refractivity contribution in [1.82, 2.24) is 15.6 Å². The number of aryl methyl sites for hydroxylation is 1. The number of rotatable bonds is 6. The van der Waals surface area contributed by atoms with E-state index in [0.29, 0.717) is 13.0 Å². The summed E-state index contributed by atoms with van der Waals surface area (Å²) in [6.07, 6.45) is 0.667. The molecule has 0 bridgehead atoms. The number of amides is 2. The van der Waals surface area contributed by atoms with Crippen molar-refractivity contribution >= 4 is 23.3 Å². The van der Waals surface area contributed by atoms with Gasteiger partial charge in [0.2, 0.25) is 0 Å². The number of nitrogens with one attached hydrogen (secondary N) is 2. The van der Waals surface area contributed by atoms with Crippen molar-refractivity contribution in [3.63, 3.8) is 0 Å². The highest BCUT2D eigenvalue weighted by Gasteiger charge is 2.20. The molecule has 0 aliphatic heterocycles. The van der Waals surface area contributed by atoms with Gasteiger partial charge in [0.05, 0.1) is 16.6 Å². The van der Waals surface area contributed by atoms with Crippen molar-refractivity contribution in [2.24, 2.45) is 5.92 Å². The molecule has 0 aliphatic rings. The summed E-state index contributed by atoms with van der Waals surface area (Å²) in [6.45, 7) is 5.64. The fraction of sp³-hybridized carbons (Fsp3) is 0.583. The van der Waals surface area contributed by atoms with E-state index >= 15 is 0 Å². The average molecular weight is 285 g/mol. The van der Waals surface area contributed by atoms with Gasteiger partial charge in [0.25, 0.3) is 0 Å². The molecule has 6 nitrogen and oxygen atoms in total. The molecule has 3 N–H and O–H groups in total. The minimum atomic E-state index is -0.925. The number of carbonyl (C=O) groups excluding carboxylic acids is 1. The number of nitrogens with zero attached hydrogens (tertiary/aromatic N) is 1. The van der Waals surface area contributed by atoms with Gasteiger partial charge in [0.15, 0.2) is 0 Å². The lowest BCUT2D eigenvalue weighted by molar-refractivity contribution is -0.141. The second-order valence-electron chi connectivity index (χ2n) is 4.42. The van der Waals surface area contributed by atoms with Crippen LogP contribution in [0.4, 0.5) is 4.79 Å². The minimum absolute atomic E-state index is 0.354. The van der Waals surface area contributed by atoms with Crippen LogP contribution in [0.2, 0.25) is 0 Å². The third-order valence-corrected chi connectivity index (χ3v) is 3.65. The number of aliphatic carboxylic acids is 1. The summed E-state index contributed by atoms with van der Waals surface area (Å²) >= 11 is 1.58. The van der Waals surface area contributed by atoms with Gasteiger partial charge in [-0.3, -0.25) is 4.79 Å². The van der Waals surface area contributed by atoms with Gasteiger partial charge < -0.3 is 15.7 Å². The van der Waals surface area contributed by atoms with Gasteiger partial charge in [0.1, 0.15) is 0 Å². The van der Waals surface area contributed by atoms with E-state index in [4.69, 9.17) is 5.11 Å². The Balaban J connectivity index is 2.26. The Kier molecular flexibility index (Phi) is 5.75.